The molecule has 0 amide bonds. The van der Waals surface area contributed by atoms with Crippen LogP contribution in [0, 0.1) is 3.57 Å². The molecule has 110 valence electrons. The molecule has 2 aromatic carbocycles. The predicted molar refractivity (Wildman–Crippen MR) is 97.8 cm³/mol. The van der Waals surface area contributed by atoms with E-state index in [0.717, 1.165) is 13.1 Å². The maximum atomic E-state index is 3.71. The molecule has 1 saturated heterocycles. The van der Waals surface area contributed by atoms with Gasteiger partial charge in [-0.2, -0.15) is 0 Å². The second kappa shape index (κ2) is 6.79. The lowest BCUT2D eigenvalue weighted by atomic mass is 10.00. The smallest absolute Gasteiger partial charge is 0.0499 e. The summed E-state index contributed by atoms with van der Waals surface area (Å²) in [5.41, 5.74) is 2.72. The number of anilines is 1. The van der Waals surface area contributed by atoms with Gasteiger partial charge in [0.1, 0.15) is 0 Å². The van der Waals surface area contributed by atoms with Gasteiger partial charge in [-0.25, -0.2) is 0 Å². The number of benzene rings is 2. The fourth-order valence-electron chi connectivity index (χ4n) is 3.04. The first-order valence-electron chi connectivity index (χ1n) is 7.58. The SMILES string of the molecule is CCC1CNC(c2ccccc2)CN1c1cccc(I)c1. The van der Waals surface area contributed by atoms with Gasteiger partial charge in [0, 0.05) is 34.4 Å². The molecule has 0 saturated carbocycles. The molecule has 2 aromatic rings. The molecule has 2 atom stereocenters. The van der Waals surface area contributed by atoms with Crippen LogP contribution < -0.4 is 10.2 Å². The first-order valence-corrected chi connectivity index (χ1v) is 8.66. The van der Waals surface area contributed by atoms with Gasteiger partial charge in [-0.05, 0) is 52.8 Å². The van der Waals surface area contributed by atoms with Crippen LogP contribution >= 0.6 is 22.6 Å². The van der Waals surface area contributed by atoms with Crippen LogP contribution in [0.2, 0.25) is 0 Å². The number of halogens is 1. The lowest BCUT2D eigenvalue weighted by molar-refractivity contribution is 0.393. The van der Waals surface area contributed by atoms with Gasteiger partial charge >= 0.3 is 0 Å². The van der Waals surface area contributed by atoms with E-state index >= 15 is 0 Å². The standard InChI is InChI=1S/C18H21IN2/c1-2-16-12-20-18(14-7-4-3-5-8-14)13-21(16)17-10-6-9-15(19)11-17/h3-11,16,18,20H,2,12-13H2,1H3. The molecule has 1 fully saturated rings. The highest BCUT2D eigenvalue weighted by molar-refractivity contribution is 14.1. The summed E-state index contributed by atoms with van der Waals surface area (Å²) >= 11 is 2.40. The quantitative estimate of drug-likeness (QED) is 0.787. The highest BCUT2D eigenvalue weighted by Gasteiger charge is 2.27. The first kappa shape index (κ1) is 14.9. The molecule has 1 N–H and O–H groups in total. The molecule has 1 aliphatic rings. The molecule has 1 aliphatic heterocycles. The van der Waals surface area contributed by atoms with Crippen LogP contribution in [0.5, 0.6) is 0 Å². The van der Waals surface area contributed by atoms with E-state index in [1.54, 1.807) is 0 Å². The Labute approximate surface area is 140 Å². The van der Waals surface area contributed by atoms with E-state index < -0.39 is 0 Å². The molecule has 0 aromatic heterocycles. The zero-order chi connectivity index (χ0) is 14.7. The number of hydrogen-bond donors (Lipinski definition) is 1. The van der Waals surface area contributed by atoms with Gasteiger partial charge in [0.15, 0.2) is 0 Å². The number of nitrogens with one attached hydrogen (secondary N) is 1. The van der Waals surface area contributed by atoms with Crippen LogP contribution in [0.25, 0.3) is 0 Å². The summed E-state index contributed by atoms with van der Waals surface area (Å²) in [6.07, 6.45) is 1.17. The molecule has 0 radical (unpaired) electrons. The third-order valence-corrected chi connectivity index (χ3v) is 4.90. The number of hydrogen-bond acceptors (Lipinski definition) is 2. The molecule has 1 heterocycles. The summed E-state index contributed by atoms with van der Waals surface area (Å²) in [6.45, 7) is 4.35. The van der Waals surface area contributed by atoms with E-state index in [1.807, 2.05) is 0 Å². The van der Waals surface area contributed by atoms with E-state index in [1.165, 1.54) is 21.2 Å². The number of piperazine rings is 1. The van der Waals surface area contributed by atoms with Crippen LogP contribution in [0.4, 0.5) is 5.69 Å². The van der Waals surface area contributed by atoms with Crippen molar-refractivity contribution in [1.82, 2.24) is 5.32 Å². The first-order chi connectivity index (χ1) is 10.3. The Morgan fingerprint density at radius 1 is 1.14 bits per heavy atom. The van der Waals surface area contributed by atoms with Gasteiger partial charge in [0.25, 0.3) is 0 Å². The topological polar surface area (TPSA) is 15.3 Å². The van der Waals surface area contributed by atoms with Crippen molar-refractivity contribution in [2.24, 2.45) is 0 Å². The minimum absolute atomic E-state index is 0.409. The zero-order valence-corrected chi connectivity index (χ0v) is 14.5. The Bertz CT molecular complexity index is 585. The summed E-state index contributed by atoms with van der Waals surface area (Å²) in [4.78, 5) is 2.57. The molecule has 3 heteroatoms. The maximum absolute atomic E-state index is 3.71. The average Bonchev–Trinajstić information content (AvgIpc) is 2.55. The minimum Gasteiger partial charge on any atom is -0.365 e. The van der Waals surface area contributed by atoms with E-state index in [0.29, 0.717) is 12.1 Å². The Hall–Kier alpha value is -1.07. The highest BCUT2D eigenvalue weighted by Crippen LogP contribution is 2.27. The Morgan fingerprint density at radius 2 is 1.95 bits per heavy atom. The van der Waals surface area contributed by atoms with E-state index in [9.17, 15) is 0 Å². The third kappa shape index (κ3) is 3.40. The largest absolute Gasteiger partial charge is 0.365 e. The molecule has 0 aliphatic carbocycles. The normalized spacial score (nSPS) is 22.3. The van der Waals surface area contributed by atoms with Crippen molar-refractivity contribution < 1.29 is 0 Å². The second-order valence-corrected chi connectivity index (χ2v) is 6.81. The Balaban J connectivity index is 1.85. The molecule has 2 unspecified atom stereocenters. The summed E-state index contributed by atoms with van der Waals surface area (Å²) in [5.74, 6) is 0. The summed E-state index contributed by atoms with van der Waals surface area (Å²) in [5, 5.41) is 3.71. The molecule has 21 heavy (non-hydrogen) atoms. The molecular formula is C18H21IN2. The highest BCUT2D eigenvalue weighted by atomic mass is 127. The third-order valence-electron chi connectivity index (χ3n) is 4.23. The van der Waals surface area contributed by atoms with Crippen molar-refractivity contribution >= 4 is 28.3 Å². The predicted octanol–water partition coefficient (Wildman–Crippen LogP) is 4.22. The summed E-state index contributed by atoms with van der Waals surface area (Å²) < 4.78 is 1.30. The van der Waals surface area contributed by atoms with Crippen molar-refractivity contribution in [3.8, 4) is 0 Å². The maximum Gasteiger partial charge on any atom is 0.0499 e. The van der Waals surface area contributed by atoms with Gasteiger partial charge in [-0.1, -0.05) is 43.3 Å². The van der Waals surface area contributed by atoms with Crippen molar-refractivity contribution in [1.29, 1.82) is 0 Å². The summed E-state index contributed by atoms with van der Waals surface area (Å²) in [7, 11) is 0. The van der Waals surface area contributed by atoms with Crippen LogP contribution in [0.1, 0.15) is 24.9 Å². The fraction of sp³-hybridized carbons (Fsp3) is 0.333. The minimum atomic E-state index is 0.409. The monoisotopic (exact) mass is 392 g/mol. The van der Waals surface area contributed by atoms with Gasteiger partial charge < -0.3 is 10.2 Å². The Morgan fingerprint density at radius 3 is 2.67 bits per heavy atom. The van der Waals surface area contributed by atoms with Crippen LogP contribution in [-0.4, -0.2) is 19.1 Å². The van der Waals surface area contributed by atoms with Gasteiger partial charge in [0.05, 0.1) is 0 Å². The number of rotatable bonds is 3. The van der Waals surface area contributed by atoms with Crippen molar-refractivity contribution in [2.75, 3.05) is 18.0 Å². The summed E-state index contributed by atoms with van der Waals surface area (Å²) in [6, 6.07) is 20.6. The lowest BCUT2D eigenvalue weighted by Gasteiger charge is -2.42. The van der Waals surface area contributed by atoms with E-state index in [-0.39, 0.29) is 0 Å². The zero-order valence-electron chi connectivity index (χ0n) is 12.3. The van der Waals surface area contributed by atoms with Gasteiger partial charge in [-0.15, -0.1) is 0 Å². The van der Waals surface area contributed by atoms with Crippen LogP contribution in [0.15, 0.2) is 54.6 Å². The molecule has 2 nitrogen and oxygen atoms in total. The second-order valence-electron chi connectivity index (χ2n) is 5.57. The average molecular weight is 392 g/mol. The van der Waals surface area contributed by atoms with Crippen LogP contribution in [-0.2, 0) is 0 Å². The van der Waals surface area contributed by atoms with Crippen molar-refractivity contribution in [3.05, 3.63) is 63.7 Å². The lowest BCUT2D eigenvalue weighted by Crippen LogP contribution is -2.52. The Kier molecular flexibility index (Phi) is 4.80. The van der Waals surface area contributed by atoms with E-state index in [4.69, 9.17) is 0 Å². The van der Waals surface area contributed by atoms with E-state index in [2.05, 4.69) is 94.3 Å². The van der Waals surface area contributed by atoms with Gasteiger partial charge in [0.2, 0.25) is 0 Å². The molecule has 0 bridgehead atoms. The van der Waals surface area contributed by atoms with Crippen LogP contribution in [0.3, 0.4) is 0 Å². The molecule has 3 rings (SSSR count). The molecule has 0 spiro atoms. The fourth-order valence-corrected chi connectivity index (χ4v) is 3.57. The molecular weight excluding hydrogens is 371 g/mol. The van der Waals surface area contributed by atoms with Crippen molar-refractivity contribution in [2.45, 2.75) is 25.4 Å². The number of nitrogens with zero attached hydrogens (tertiary/aromatic N) is 1. The van der Waals surface area contributed by atoms with Gasteiger partial charge in [-0.3, -0.25) is 0 Å². The van der Waals surface area contributed by atoms with Crippen molar-refractivity contribution in [3.63, 3.8) is 0 Å².